The van der Waals surface area contributed by atoms with Crippen LogP contribution < -0.4 is 4.74 Å². The van der Waals surface area contributed by atoms with Gasteiger partial charge in [0.05, 0.1) is 7.11 Å². The topological polar surface area (TPSA) is 46.5 Å². The lowest BCUT2D eigenvalue weighted by molar-refractivity contribution is -0.137. The van der Waals surface area contributed by atoms with Crippen molar-refractivity contribution in [1.29, 1.82) is 0 Å². The molecular weight excluding hydrogens is 224 g/mol. The van der Waals surface area contributed by atoms with E-state index in [2.05, 4.69) is 0 Å². The maximum Gasteiger partial charge on any atom is 0.303 e. The molecule has 0 fully saturated rings. The number of carboxylic acid groups (broad SMARTS) is 1. The summed E-state index contributed by atoms with van der Waals surface area (Å²) in [6.45, 7) is 0. The lowest BCUT2D eigenvalue weighted by atomic mass is 10.1. The van der Waals surface area contributed by atoms with Gasteiger partial charge in [0, 0.05) is 11.3 Å². The monoisotopic (exact) mass is 240 g/mol. The van der Waals surface area contributed by atoms with Crippen LogP contribution in [-0.4, -0.2) is 24.4 Å². The van der Waals surface area contributed by atoms with Crippen LogP contribution >= 0.6 is 11.8 Å². The third-order valence-electron chi connectivity index (χ3n) is 2.30. The van der Waals surface area contributed by atoms with E-state index in [0.717, 1.165) is 22.6 Å². The first kappa shape index (κ1) is 12.9. The van der Waals surface area contributed by atoms with E-state index in [-0.39, 0.29) is 6.42 Å². The predicted octanol–water partition coefficient (Wildman–Crippen LogP) is 2.82. The fourth-order valence-electron chi connectivity index (χ4n) is 1.48. The average molecular weight is 240 g/mol. The molecule has 0 spiro atoms. The number of carboxylic acids is 1. The Kier molecular flexibility index (Phi) is 5.19. The predicted molar refractivity (Wildman–Crippen MR) is 65.3 cm³/mol. The highest BCUT2D eigenvalue weighted by Crippen LogP contribution is 2.28. The van der Waals surface area contributed by atoms with Crippen molar-refractivity contribution in [3.05, 3.63) is 23.8 Å². The molecule has 0 aliphatic heterocycles. The molecule has 0 aromatic heterocycles. The molecule has 0 amide bonds. The van der Waals surface area contributed by atoms with Crippen LogP contribution in [0.1, 0.15) is 18.4 Å². The van der Waals surface area contributed by atoms with Crippen molar-refractivity contribution >= 4 is 17.7 Å². The number of aliphatic carboxylic acids is 1. The van der Waals surface area contributed by atoms with Gasteiger partial charge in [-0.25, -0.2) is 0 Å². The molecule has 0 saturated heterocycles. The molecule has 0 atom stereocenters. The molecular formula is C12H16O3S. The minimum absolute atomic E-state index is 0.215. The van der Waals surface area contributed by atoms with E-state index in [0.29, 0.717) is 6.42 Å². The third kappa shape index (κ3) is 3.77. The Hall–Kier alpha value is -1.16. The van der Waals surface area contributed by atoms with Crippen LogP contribution in [0.15, 0.2) is 23.1 Å². The highest BCUT2D eigenvalue weighted by atomic mass is 32.2. The van der Waals surface area contributed by atoms with Crippen LogP contribution in [0, 0.1) is 0 Å². The molecule has 1 aromatic carbocycles. The number of hydrogen-bond donors (Lipinski definition) is 1. The van der Waals surface area contributed by atoms with Gasteiger partial charge in [-0.1, -0.05) is 6.07 Å². The minimum Gasteiger partial charge on any atom is -0.496 e. The fraction of sp³-hybridized carbons (Fsp3) is 0.417. The fourth-order valence-corrected chi connectivity index (χ4v) is 2.03. The molecule has 88 valence electrons. The summed E-state index contributed by atoms with van der Waals surface area (Å²) in [5.74, 6) is 0.119. The molecule has 1 N–H and O–H groups in total. The van der Waals surface area contributed by atoms with E-state index < -0.39 is 5.97 Å². The van der Waals surface area contributed by atoms with Gasteiger partial charge in [-0.15, -0.1) is 11.8 Å². The lowest BCUT2D eigenvalue weighted by Gasteiger charge is -2.08. The first-order valence-corrected chi connectivity index (χ1v) is 6.32. The van der Waals surface area contributed by atoms with E-state index >= 15 is 0 Å². The van der Waals surface area contributed by atoms with E-state index in [1.54, 1.807) is 18.9 Å². The van der Waals surface area contributed by atoms with Crippen LogP contribution in [-0.2, 0) is 11.2 Å². The van der Waals surface area contributed by atoms with Crippen LogP contribution in [0.4, 0.5) is 0 Å². The minimum atomic E-state index is -0.743. The van der Waals surface area contributed by atoms with Crippen molar-refractivity contribution in [2.45, 2.75) is 24.2 Å². The maximum absolute atomic E-state index is 10.4. The number of methoxy groups -OCH3 is 1. The second-order valence-corrected chi connectivity index (χ2v) is 4.28. The zero-order chi connectivity index (χ0) is 12.0. The molecule has 0 saturated carbocycles. The maximum atomic E-state index is 10.4. The highest BCUT2D eigenvalue weighted by molar-refractivity contribution is 7.98. The van der Waals surface area contributed by atoms with Crippen LogP contribution in [0.5, 0.6) is 5.75 Å². The number of benzene rings is 1. The van der Waals surface area contributed by atoms with E-state index in [1.807, 2.05) is 24.5 Å². The Morgan fingerprint density at radius 2 is 2.25 bits per heavy atom. The lowest BCUT2D eigenvalue weighted by Crippen LogP contribution is -1.96. The Labute approximate surface area is 99.8 Å². The molecule has 0 unspecified atom stereocenters. The number of carbonyl (C=O) groups is 1. The van der Waals surface area contributed by atoms with Gasteiger partial charge in [0.2, 0.25) is 0 Å². The van der Waals surface area contributed by atoms with Gasteiger partial charge < -0.3 is 9.84 Å². The Morgan fingerprint density at radius 3 is 2.81 bits per heavy atom. The number of rotatable bonds is 6. The highest BCUT2D eigenvalue weighted by Gasteiger charge is 2.04. The van der Waals surface area contributed by atoms with Crippen molar-refractivity contribution in [2.24, 2.45) is 0 Å². The molecule has 0 bridgehead atoms. The zero-order valence-electron chi connectivity index (χ0n) is 9.53. The Balaban J connectivity index is 2.64. The Bertz CT molecular complexity index is 363. The van der Waals surface area contributed by atoms with Crippen molar-refractivity contribution in [2.75, 3.05) is 13.4 Å². The second kappa shape index (κ2) is 6.43. The summed E-state index contributed by atoms with van der Waals surface area (Å²) >= 11 is 1.64. The van der Waals surface area contributed by atoms with Gasteiger partial charge in [-0.2, -0.15) is 0 Å². The summed E-state index contributed by atoms with van der Waals surface area (Å²) in [7, 11) is 1.65. The van der Waals surface area contributed by atoms with Crippen LogP contribution in [0.25, 0.3) is 0 Å². The summed E-state index contributed by atoms with van der Waals surface area (Å²) in [5.41, 5.74) is 1.12. The first-order chi connectivity index (χ1) is 7.67. The summed E-state index contributed by atoms with van der Waals surface area (Å²) < 4.78 is 5.27. The van der Waals surface area contributed by atoms with E-state index in [1.165, 1.54) is 0 Å². The number of ether oxygens (including phenoxy) is 1. The molecule has 0 heterocycles. The molecule has 16 heavy (non-hydrogen) atoms. The largest absolute Gasteiger partial charge is 0.496 e. The van der Waals surface area contributed by atoms with Crippen LogP contribution in [0.2, 0.25) is 0 Å². The molecule has 1 rings (SSSR count). The van der Waals surface area contributed by atoms with Crippen molar-refractivity contribution < 1.29 is 14.6 Å². The smallest absolute Gasteiger partial charge is 0.303 e. The molecule has 0 aliphatic carbocycles. The number of aryl methyl sites for hydroxylation is 1. The van der Waals surface area contributed by atoms with Gasteiger partial charge >= 0.3 is 5.97 Å². The van der Waals surface area contributed by atoms with Crippen molar-refractivity contribution in [3.8, 4) is 5.75 Å². The van der Waals surface area contributed by atoms with Crippen molar-refractivity contribution in [1.82, 2.24) is 0 Å². The summed E-state index contributed by atoms with van der Waals surface area (Å²) in [5, 5.41) is 8.55. The zero-order valence-corrected chi connectivity index (χ0v) is 10.3. The van der Waals surface area contributed by atoms with Crippen LogP contribution in [0.3, 0.4) is 0 Å². The van der Waals surface area contributed by atoms with Gasteiger partial charge in [-0.3, -0.25) is 4.79 Å². The van der Waals surface area contributed by atoms with Gasteiger partial charge in [0.1, 0.15) is 5.75 Å². The normalized spacial score (nSPS) is 10.1. The molecule has 0 aliphatic rings. The first-order valence-electron chi connectivity index (χ1n) is 5.10. The van der Waals surface area contributed by atoms with Crippen molar-refractivity contribution in [3.63, 3.8) is 0 Å². The molecule has 3 nitrogen and oxygen atoms in total. The number of thioether (sulfide) groups is 1. The summed E-state index contributed by atoms with van der Waals surface area (Å²) in [6, 6.07) is 6.02. The molecule has 1 aromatic rings. The Morgan fingerprint density at radius 1 is 1.50 bits per heavy atom. The summed E-state index contributed by atoms with van der Waals surface area (Å²) in [4.78, 5) is 11.5. The molecule has 0 radical (unpaired) electrons. The average Bonchev–Trinajstić information content (AvgIpc) is 2.28. The summed E-state index contributed by atoms with van der Waals surface area (Å²) in [6.07, 6.45) is 3.66. The standard InChI is InChI=1S/C12H16O3S/c1-15-10-8-9(4-3-5-12(13)14)6-7-11(10)16-2/h6-8H,3-5H2,1-2H3,(H,13,14). The SMILES string of the molecule is COc1cc(CCCC(=O)O)ccc1SC. The van der Waals surface area contributed by atoms with Gasteiger partial charge in [-0.05, 0) is 36.8 Å². The van der Waals surface area contributed by atoms with E-state index in [9.17, 15) is 4.79 Å². The van der Waals surface area contributed by atoms with E-state index in [4.69, 9.17) is 9.84 Å². The quantitative estimate of drug-likeness (QED) is 0.777. The van der Waals surface area contributed by atoms with Gasteiger partial charge in [0.15, 0.2) is 0 Å². The van der Waals surface area contributed by atoms with Gasteiger partial charge in [0.25, 0.3) is 0 Å². The number of hydrogen-bond acceptors (Lipinski definition) is 3. The third-order valence-corrected chi connectivity index (χ3v) is 3.08. The molecule has 4 heteroatoms. The second-order valence-electron chi connectivity index (χ2n) is 3.44.